The monoisotopic (exact) mass is 291 g/mol. The molecule has 2 rings (SSSR count). The summed E-state index contributed by atoms with van der Waals surface area (Å²) in [5.41, 5.74) is 4.02. The fourth-order valence-electron chi connectivity index (χ4n) is 1.97. The molecule has 1 aromatic rings. The maximum absolute atomic E-state index is 14.0. The highest BCUT2D eigenvalue weighted by Gasteiger charge is 2.43. The van der Waals surface area contributed by atoms with Crippen molar-refractivity contribution in [3.8, 4) is 0 Å². The summed E-state index contributed by atoms with van der Waals surface area (Å²) in [4.78, 5) is 15.0. The van der Waals surface area contributed by atoms with Gasteiger partial charge in [0.1, 0.15) is 29.9 Å². The van der Waals surface area contributed by atoms with Crippen molar-refractivity contribution in [3.05, 3.63) is 33.1 Å². The summed E-state index contributed by atoms with van der Waals surface area (Å²) in [6, 6.07) is -1.49. The van der Waals surface area contributed by atoms with Crippen LogP contribution >= 0.6 is 11.6 Å². The number of nitrogens with two attached hydrogens (primary N) is 1. The van der Waals surface area contributed by atoms with Gasteiger partial charge in [-0.1, -0.05) is 11.6 Å². The van der Waals surface area contributed by atoms with E-state index < -0.39 is 36.4 Å². The first-order chi connectivity index (χ1) is 8.88. The first-order valence-corrected chi connectivity index (χ1v) is 5.65. The molecule has 7 nitrogen and oxygen atoms in total. The van der Waals surface area contributed by atoms with Crippen LogP contribution in [0.15, 0.2) is 22.4 Å². The Hall–Kier alpha value is -1.48. The summed E-state index contributed by atoms with van der Waals surface area (Å²) in [6.07, 6.45) is -2.20. The van der Waals surface area contributed by atoms with E-state index in [1.165, 1.54) is 0 Å². The standard InChI is InChI=1S/C10H11ClFN3O4/c11-4-1-15(10(19)14-9(4)13)6-5(12)3(2-16)7(17)8(6)18/h1,6-8,16-18H,2H2,(H2,13,14,19)/t6-,7-,8+/m1/s1. The Morgan fingerprint density at radius 3 is 2.68 bits per heavy atom. The van der Waals surface area contributed by atoms with Crippen LogP contribution in [-0.4, -0.2) is 43.7 Å². The van der Waals surface area contributed by atoms with E-state index in [1.807, 2.05) is 0 Å². The lowest BCUT2D eigenvalue weighted by Gasteiger charge is -2.19. The zero-order valence-corrected chi connectivity index (χ0v) is 10.3. The second kappa shape index (κ2) is 4.89. The molecule has 3 atom stereocenters. The van der Waals surface area contributed by atoms with Gasteiger partial charge in [-0.05, 0) is 0 Å². The summed E-state index contributed by atoms with van der Waals surface area (Å²) < 4.78 is 14.7. The van der Waals surface area contributed by atoms with Crippen LogP contribution in [0.4, 0.5) is 10.2 Å². The van der Waals surface area contributed by atoms with Crippen molar-refractivity contribution >= 4 is 17.4 Å². The lowest BCUT2D eigenvalue weighted by Crippen LogP contribution is -2.36. The summed E-state index contributed by atoms with van der Waals surface area (Å²) in [6.45, 7) is -0.772. The van der Waals surface area contributed by atoms with Crippen LogP contribution in [0.1, 0.15) is 6.04 Å². The largest absolute Gasteiger partial charge is 0.392 e. The topological polar surface area (TPSA) is 122 Å². The number of aliphatic hydroxyl groups is 3. The molecule has 0 amide bonds. The third-order valence-electron chi connectivity index (χ3n) is 2.97. The van der Waals surface area contributed by atoms with Gasteiger partial charge < -0.3 is 21.1 Å². The molecule has 0 aromatic carbocycles. The molecule has 0 radical (unpaired) electrons. The molecule has 5 N–H and O–H groups in total. The maximum atomic E-state index is 14.0. The highest BCUT2D eigenvalue weighted by molar-refractivity contribution is 6.32. The van der Waals surface area contributed by atoms with E-state index in [0.29, 0.717) is 0 Å². The van der Waals surface area contributed by atoms with Gasteiger partial charge in [0.05, 0.1) is 11.6 Å². The van der Waals surface area contributed by atoms with Gasteiger partial charge in [0, 0.05) is 11.8 Å². The first kappa shape index (κ1) is 13.9. The van der Waals surface area contributed by atoms with Crippen molar-refractivity contribution in [3.63, 3.8) is 0 Å². The molecule has 1 heterocycles. The molecule has 0 spiro atoms. The Bertz CT molecular complexity index is 603. The predicted octanol–water partition coefficient (Wildman–Crippen LogP) is -1.03. The van der Waals surface area contributed by atoms with Crippen LogP contribution in [-0.2, 0) is 0 Å². The van der Waals surface area contributed by atoms with E-state index in [2.05, 4.69) is 4.98 Å². The summed E-state index contributed by atoms with van der Waals surface area (Å²) in [5.74, 6) is -1.21. The quantitative estimate of drug-likeness (QED) is 0.553. The van der Waals surface area contributed by atoms with Crippen molar-refractivity contribution in [2.45, 2.75) is 18.2 Å². The third kappa shape index (κ3) is 2.12. The Morgan fingerprint density at radius 2 is 2.16 bits per heavy atom. The van der Waals surface area contributed by atoms with Crippen LogP contribution in [0.2, 0.25) is 5.02 Å². The fraction of sp³-hybridized carbons (Fsp3) is 0.400. The molecule has 1 aromatic heterocycles. The van der Waals surface area contributed by atoms with Crippen LogP contribution in [0.3, 0.4) is 0 Å². The molecule has 0 bridgehead atoms. The smallest absolute Gasteiger partial charge is 0.350 e. The molecule has 0 saturated carbocycles. The van der Waals surface area contributed by atoms with Gasteiger partial charge in [-0.25, -0.2) is 9.18 Å². The normalized spacial score (nSPS) is 27.1. The summed E-state index contributed by atoms with van der Waals surface area (Å²) >= 11 is 5.69. The Balaban J connectivity index is 2.57. The molecule has 1 aliphatic carbocycles. The number of aromatic nitrogens is 2. The maximum Gasteiger partial charge on any atom is 0.350 e. The fourth-order valence-corrected chi connectivity index (χ4v) is 2.12. The Morgan fingerprint density at radius 1 is 1.53 bits per heavy atom. The van der Waals surface area contributed by atoms with Gasteiger partial charge in [-0.3, -0.25) is 4.57 Å². The van der Waals surface area contributed by atoms with Gasteiger partial charge in [-0.15, -0.1) is 0 Å². The van der Waals surface area contributed by atoms with Gasteiger partial charge in [0.15, 0.2) is 0 Å². The summed E-state index contributed by atoms with van der Waals surface area (Å²) in [7, 11) is 0. The lowest BCUT2D eigenvalue weighted by molar-refractivity contribution is 0.0244. The van der Waals surface area contributed by atoms with E-state index in [-0.39, 0.29) is 16.4 Å². The van der Waals surface area contributed by atoms with Gasteiger partial charge >= 0.3 is 5.69 Å². The van der Waals surface area contributed by atoms with E-state index in [9.17, 15) is 19.4 Å². The second-order valence-electron chi connectivity index (χ2n) is 4.08. The van der Waals surface area contributed by atoms with Crippen LogP contribution in [0.25, 0.3) is 0 Å². The van der Waals surface area contributed by atoms with Crippen molar-refractivity contribution in [1.29, 1.82) is 0 Å². The van der Waals surface area contributed by atoms with E-state index in [1.54, 1.807) is 0 Å². The van der Waals surface area contributed by atoms with Crippen molar-refractivity contribution < 1.29 is 19.7 Å². The minimum absolute atomic E-state index is 0.0912. The van der Waals surface area contributed by atoms with Crippen LogP contribution < -0.4 is 11.4 Å². The number of aliphatic hydroxyl groups excluding tert-OH is 3. The minimum atomic E-state index is -1.62. The number of nitrogens with zero attached hydrogens (tertiary/aromatic N) is 2. The highest BCUT2D eigenvalue weighted by atomic mass is 35.5. The average molecular weight is 292 g/mol. The third-order valence-corrected chi connectivity index (χ3v) is 3.27. The van der Waals surface area contributed by atoms with E-state index in [0.717, 1.165) is 10.8 Å². The second-order valence-corrected chi connectivity index (χ2v) is 4.48. The predicted molar refractivity (Wildman–Crippen MR) is 64.2 cm³/mol. The number of nitrogen functional groups attached to an aromatic ring is 1. The number of anilines is 1. The number of hydrogen-bond acceptors (Lipinski definition) is 6. The van der Waals surface area contributed by atoms with Crippen molar-refractivity contribution in [2.75, 3.05) is 12.3 Å². The molecular formula is C10H11ClFN3O4. The van der Waals surface area contributed by atoms with Crippen molar-refractivity contribution in [1.82, 2.24) is 9.55 Å². The molecule has 0 fully saturated rings. The Labute approximate surface area is 111 Å². The molecule has 19 heavy (non-hydrogen) atoms. The lowest BCUT2D eigenvalue weighted by atomic mass is 10.1. The first-order valence-electron chi connectivity index (χ1n) is 5.28. The van der Waals surface area contributed by atoms with E-state index >= 15 is 0 Å². The van der Waals surface area contributed by atoms with Gasteiger partial charge in [-0.2, -0.15) is 4.98 Å². The van der Waals surface area contributed by atoms with Gasteiger partial charge in [0.2, 0.25) is 0 Å². The zero-order chi connectivity index (χ0) is 14.3. The van der Waals surface area contributed by atoms with Gasteiger partial charge in [0.25, 0.3) is 0 Å². The molecular weight excluding hydrogens is 281 g/mol. The molecule has 0 aliphatic heterocycles. The minimum Gasteiger partial charge on any atom is -0.392 e. The Kier molecular flexibility index (Phi) is 3.59. The number of hydrogen-bond donors (Lipinski definition) is 4. The highest BCUT2D eigenvalue weighted by Crippen LogP contribution is 2.36. The molecule has 0 saturated heterocycles. The molecule has 9 heteroatoms. The van der Waals surface area contributed by atoms with Crippen molar-refractivity contribution in [2.24, 2.45) is 0 Å². The zero-order valence-electron chi connectivity index (χ0n) is 9.49. The SMILES string of the molecule is Nc1nc(=O)n([C@@H]2C(F)=C(CO)[C@@H](O)[C@H]2O)cc1Cl. The number of halogens is 2. The average Bonchev–Trinajstić information content (AvgIpc) is 2.56. The number of rotatable bonds is 2. The molecule has 104 valence electrons. The summed E-state index contributed by atoms with van der Waals surface area (Å²) in [5, 5.41) is 28.2. The van der Waals surface area contributed by atoms with Crippen LogP contribution in [0, 0.1) is 0 Å². The van der Waals surface area contributed by atoms with Crippen LogP contribution in [0.5, 0.6) is 0 Å². The molecule has 1 aliphatic rings. The molecule has 0 unspecified atom stereocenters. The van der Waals surface area contributed by atoms with E-state index in [4.69, 9.17) is 22.4 Å².